The van der Waals surface area contributed by atoms with Crippen LogP contribution in [-0.4, -0.2) is 71.4 Å². The van der Waals surface area contributed by atoms with Gasteiger partial charge in [-0.25, -0.2) is 9.97 Å². The van der Waals surface area contributed by atoms with Crippen molar-refractivity contribution in [2.24, 2.45) is 11.8 Å². The molecule has 7 nitrogen and oxygen atoms in total. The largest absolute Gasteiger partial charge is 0.346 e. The Morgan fingerprint density at radius 2 is 1.64 bits per heavy atom. The minimum Gasteiger partial charge on any atom is -0.346 e. The number of piperazine rings is 1. The van der Waals surface area contributed by atoms with Gasteiger partial charge in [0.15, 0.2) is 0 Å². The van der Waals surface area contributed by atoms with Gasteiger partial charge in [0.1, 0.15) is 0 Å². The number of hydrogen-bond acceptors (Lipinski definition) is 5. The minimum absolute atomic E-state index is 0.0736. The number of aromatic nitrogens is 2. The van der Waals surface area contributed by atoms with Crippen LogP contribution in [0.4, 0.5) is 5.95 Å². The number of hydrogen-bond donors (Lipinski definition) is 0. The van der Waals surface area contributed by atoms with E-state index in [9.17, 15) is 9.59 Å². The van der Waals surface area contributed by atoms with Crippen molar-refractivity contribution in [2.75, 3.05) is 44.7 Å². The second kappa shape index (κ2) is 9.85. The van der Waals surface area contributed by atoms with Crippen LogP contribution in [0.15, 0.2) is 18.5 Å². The number of rotatable bonds is 6. The van der Waals surface area contributed by atoms with Crippen LogP contribution < -0.4 is 4.90 Å². The van der Waals surface area contributed by atoms with E-state index in [1.807, 2.05) is 22.9 Å². The highest BCUT2D eigenvalue weighted by Crippen LogP contribution is 2.31. The monoisotopic (exact) mass is 387 g/mol. The lowest BCUT2D eigenvalue weighted by molar-refractivity contribution is -0.141. The van der Waals surface area contributed by atoms with E-state index >= 15 is 0 Å². The van der Waals surface area contributed by atoms with Gasteiger partial charge in [-0.15, -0.1) is 0 Å². The average molecular weight is 388 g/mol. The maximum Gasteiger partial charge on any atom is 0.225 e. The fourth-order valence-electron chi connectivity index (χ4n) is 4.24. The molecule has 0 radical (unpaired) electrons. The first-order valence-electron chi connectivity index (χ1n) is 10.7. The van der Waals surface area contributed by atoms with Gasteiger partial charge in [-0.3, -0.25) is 9.59 Å². The third-order valence-corrected chi connectivity index (χ3v) is 6.08. The van der Waals surface area contributed by atoms with Gasteiger partial charge in [0.05, 0.1) is 0 Å². The molecule has 2 heterocycles. The van der Waals surface area contributed by atoms with Crippen LogP contribution in [0.1, 0.15) is 45.4 Å². The Morgan fingerprint density at radius 3 is 2.25 bits per heavy atom. The molecule has 0 aromatic carbocycles. The SMILES string of the molecule is CCCCN(C)C(=O)C1CCC(C(=O)N2CCN(c3ncccn3)CC2)CC1. The van der Waals surface area contributed by atoms with E-state index in [4.69, 9.17) is 0 Å². The van der Waals surface area contributed by atoms with E-state index in [-0.39, 0.29) is 23.7 Å². The summed E-state index contributed by atoms with van der Waals surface area (Å²) in [5.41, 5.74) is 0. The molecule has 0 spiro atoms. The van der Waals surface area contributed by atoms with E-state index in [1.54, 1.807) is 12.4 Å². The molecule has 2 aliphatic rings. The summed E-state index contributed by atoms with van der Waals surface area (Å²) in [5.74, 6) is 1.43. The highest BCUT2D eigenvalue weighted by atomic mass is 16.2. The first kappa shape index (κ1) is 20.6. The number of nitrogens with zero attached hydrogens (tertiary/aromatic N) is 5. The summed E-state index contributed by atoms with van der Waals surface area (Å²) in [4.78, 5) is 40.1. The summed E-state index contributed by atoms with van der Waals surface area (Å²) in [6.45, 7) is 5.95. The van der Waals surface area contributed by atoms with Crippen LogP contribution in [0.5, 0.6) is 0 Å². The zero-order valence-corrected chi connectivity index (χ0v) is 17.2. The van der Waals surface area contributed by atoms with Gasteiger partial charge in [-0.2, -0.15) is 0 Å². The molecular formula is C21H33N5O2. The molecule has 28 heavy (non-hydrogen) atoms. The number of carbonyl (C=O) groups excluding carboxylic acids is 2. The van der Waals surface area contributed by atoms with Crippen molar-refractivity contribution in [1.29, 1.82) is 0 Å². The third-order valence-electron chi connectivity index (χ3n) is 6.08. The molecule has 0 unspecified atom stereocenters. The molecule has 1 saturated heterocycles. The molecule has 7 heteroatoms. The molecular weight excluding hydrogens is 354 g/mol. The maximum absolute atomic E-state index is 12.9. The van der Waals surface area contributed by atoms with E-state index in [2.05, 4.69) is 21.8 Å². The zero-order valence-electron chi connectivity index (χ0n) is 17.2. The van der Waals surface area contributed by atoms with Crippen molar-refractivity contribution in [3.63, 3.8) is 0 Å². The lowest BCUT2D eigenvalue weighted by Crippen LogP contribution is -2.51. The van der Waals surface area contributed by atoms with Gasteiger partial charge in [0.25, 0.3) is 0 Å². The maximum atomic E-state index is 12.9. The number of amides is 2. The molecule has 2 amide bonds. The first-order chi connectivity index (χ1) is 13.6. The van der Waals surface area contributed by atoms with Gasteiger partial charge >= 0.3 is 0 Å². The molecule has 0 N–H and O–H groups in total. The standard InChI is InChI=1S/C21H33N5O2/c1-3-4-12-24(2)19(27)17-6-8-18(9-7-17)20(28)25-13-15-26(16-14-25)21-22-10-5-11-23-21/h5,10-11,17-18H,3-4,6-9,12-16H2,1-2H3. The summed E-state index contributed by atoms with van der Waals surface area (Å²) >= 11 is 0. The van der Waals surface area contributed by atoms with Crippen LogP contribution >= 0.6 is 0 Å². The van der Waals surface area contributed by atoms with Crippen LogP contribution in [0.25, 0.3) is 0 Å². The van der Waals surface area contributed by atoms with Crippen LogP contribution in [0, 0.1) is 11.8 Å². The molecule has 0 atom stereocenters. The van der Waals surface area contributed by atoms with Gasteiger partial charge in [-0.05, 0) is 38.2 Å². The smallest absolute Gasteiger partial charge is 0.225 e. The highest BCUT2D eigenvalue weighted by Gasteiger charge is 2.34. The van der Waals surface area contributed by atoms with Crippen molar-refractivity contribution in [3.8, 4) is 0 Å². The number of carbonyl (C=O) groups is 2. The molecule has 2 fully saturated rings. The van der Waals surface area contributed by atoms with Crippen molar-refractivity contribution >= 4 is 17.8 Å². The Bertz CT molecular complexity index is 637. The molecule has 0 bridgehead atoms. The molecule has 1 saturated carbocycles. The number of unbranched alkanes of at least 4 members (excludes halogenated alkanes) is 1. The molecule has 3 rings (SSSR count). The van der Waals surface area contributed by atoms with E-state index in [0.717, 1.165) is 77.2 Å². The topological polar surface area (TPSA) is 69.6 Å². The number of anilines is 1. The molecule has 1 aliphatic heterocycles. The van der Waals surface area contributed by atoms with Gasteiger partial charge in [-0.1, -0.05) is 13.3 Å². The zero-order chi connectivity index (χ0) is 19.9. The van der Waals surface area contributed by atoms with Crippen molar-refractivity contribution in [2.45, 2.75) is 45.4 Å². The van der Waals surface area contributed by atoms with Gasteiger partial charge in [0, 0.05) is 64.0 Å². The van der Waals surface area contributed by atoms with Crippen LogP contribution in [0.2, 0.25) is 0 Å². The second-order valence-corrected chi connectivity index (χ2v) is 8.02. The van der Waals surface area contributed by atoms with Crippen LogP contribution in [0.3, 0.4) is 0 Å². The summed E-state index contributed by atoms with van der Waals surface area (Å²) in [7, 11) is 1.91. The van der Waals surface area contributed by atoms with E-state index in [1.165, 1.54) is 0 Å². The van der Waals surface area contributed by atoms with Gasteiger partial charge < -0.3 is 14.7 Å². The predicted octanol–water partition coefficient (Wildman–Crippen LogP) is 2.19. The first-order valence-corrected chi connectivity index (χ1v) is 10.7. The Morgan fingerprint density at radius 1 is 1.04 bits per heavy atom. The average Bonchev–Trinajstić information content (AvgIpc) is 2.77. The third kappa shape index (κ3) is 5.00. The molecule has 1 aliphatic carbocycles. The van der Waals surface area contributed by atoms with Crippen molar-refractivity contribution < 1.29 is 9.59 Å². The van der Waals surface area contributed by atoms with E-state index < -0.39 is 0 Å². The summed E-state index contributed by atoms with van der Waals surface area (Å²) < 4.78 is 0. The fraction of sp³-hybridized carbons (Fsp3) is 0.714. The molecule has 1 aromatic heterocycles. The highest BCUT2D eigenvalue weighted by molar-refractivity contribution is 5.81. The minimum atomic E-state index is 0.0736. The molecule has 1 aromatic rings. The Hall–Kier alpha value is -2.18. The lowest BCUT2D eigenvalue weighted by Gasteiger charge is -2.38. The molecule has 154 valence electrons. The van der Waals surface area contributed by atoms with Crippen molar-refractivity contribution in [1.82, 2.24) is 19.8 Å². The van der Waals surface area contributed by atoms with Crippen molar-refractivity contribution in [3.05, 3.63) is 18.5 Å². The van der Waals surface area contributed by atoms with Gasteiger partial charge in [0.2, 0.25) is 17.8 Å². The lowest BCUT2D eigenvalue weighted by atomic mass is 9.80. The summed E-state index contributed by atoms with van der Waals surface area (Å²) in [6, 6.07) is 1.81. The van der Waals surface area contributed by atoms with Crippen LogP contribution in [-0.2, 0) is 9.59 Å². The second-order valence-electron chi connectivity index (χ2n) is 8.02. The fourth-order valence-corrected chi connectivity index (χ4v) is 4.24. The predicted molar refractivity (Wildman–Crippen MR) is 109 cm³/mol. The summed E-state index contributed by atoms with van der Waals surface area (Å²) in [6.07, 6.45) is 8.99. The quantitative estimate of drug-likeness (QED) is 0.748. The normalized spacial score (nSPS) is 22.8. The Balaban J connectivity index is 1.44. The van der Waals surface area contributed by atoms with E-state index in [0.29, 0.717) is 0 Å². The Kier molecular flexibility index (Phi) is 7.23. The Labute approximate surface area is 168 Å². The summed E-state index contributed by atoms with van der Waals surface area (Å²) in [5, 5.41) is 0.